The summed E-state index contributed by atoms with van der Waals surface area (Å²) < 4.78 is 5.61. The molecule has 2 bridgehead atoms. The molecule has 0 unspecified atom stereocenters. The Hall–Kier alpha value is -4.58. The second kappa shape index (κ2) is 13.5. The highest BCUT2D eigenvalue weighted by atomic mass is 16.3. The van der Waals surface area contributed by atoms with Gasteiger partial charge in [-0.2, -0.15) is 0 Å². The molecule has 0 spiro atoms. The first-order chi connectivity index (χ1) is 19.3. The van der Waals surface area contributed by atoms with Gasteiger partial charge in [0.05, 0.1) is 6.10 Å². The summed E-state index contributed by atoms with van der Waals surface area (Å²) in [4.78, 5) is 60.2. The van der Waals surface area contributed by atoms with Crippen molar-refractivity contribution in [2.45, 2.75) is 56.8 Å². The summed E-state index contributed by atoms with van der Waals surface area (Å²) in [6.45, 7) is 1.65. The number of hydrogen-bond acceptors (Lipinski definition) is 8. The number of amides is 4. The number of aromatic nitrogens is 2. The fraction of sp³-hybridized carbons (Fsp3) is 0.357. The zero-order valence-electron chi connectivity index (χ0n) is 22.0. The summed E-state index contributed by atoms with van der Waals surface area (Å²) in [6, 6.07) is 9.60. The number of hydrogen-bond donors (Lipinski definition) is 5. The molecule has 3 aromatic rings. The molecule has 210 valence electrons. The second-order valence-electron chi connectivity index (χ2n) is 9.56. The molecule has 3 heterocycles. The lowest BCUT2D eigenvalue weighted by Crippen LogP contribution is -2.52. The Bertz CT molecular complexity index is 1310. The van der Waals surface area contributed by atoms with Gasteiger partial charge in [0, 0.05) is 30.9 Å². The van der Waals surface area contributed by atoms with Gasteiger partial charge in [0.2, 0.25) is 17.7 Å². The van der Waals surface area contributed by atoms with Crippen LogP contribution in [0.1, 0.15) is 64.5 Å². The number of nitrogens with one attached hydrogen (secondary N) is 4. The highest BCUT2D eigenvalue weighted by molar-refractivity contribution is 5.97. The van der Waals surface area contributed by atoms with E-state index in [9.17, 15) is 24.3 Å². The molecule has 2 aromatic heterocycles. The number of rotatable bonds is 5. The lowest BCUT2D eigenvalue weighted by molar-refractivity contribution is -0.125. The first-order valence-corrected chi connectivity index (χ1v) is 13.1. The summed E-state index contributed by atoms with van der Waals surface area (Å²) >= 11 is 0. The Balaban J connectivity index is 1.63. The fourth-order valence-corrected chi connectivity index (χ4v) is 4.30. The largest absolute Gasteiger partial charge is 0.446 e. The number of pyridine rings is 1. The third-order valence-corrected chi connectivity index (χ3v) is 6.49. The molecular formula is C28H32N6O6. The van der Waals surface area contributed by atoms with Crippen molar-refractivity contribution in [2.24, 2.45) is 0 Å². The summed E-state index contributed by atoms with van der Waals surface area (Å²) in [7, 11) is 0. The molecule has 5 N–H and O–H groups in total. The van der Waals surface area contributed by atoms with Crippen molar-refractivity contribution in [3.05, 3.63) is 83.8 Å². The van der Waals surface area contributed by atoms with Crippen molar-refractivity contribution < 1.29 is 28.7 Å². The minimum absolute atomic E-state index is 0.0757. The van der Waals surface area contributed by atoms with Crippen LogP contribution < -0.4 is 21.3 Å². The molecular weight excluding hydrogens is 516 g/mol. The summed E-state index contributed by atoms with van der Waals surface area (Å²) in [5, 5.41) is 21.0. The number of aliphatic hydroxyl groups is 1. The van der Waals surface area contributed by atoms with Crippen molar-refractivity contribution in [1.29, 1.82) is 0 Å². The molecule has 1 aliphatic rings. The van der Waals surface area contributed by atoms with Gasteiger partial charge in [-0.3, -0.25) is 24.2 Å². The van der Waals surface area contributed by atoms with Crippen molar-refractivity contribution in [3.8, 4) is 0 Å². The zero-order chi connectivity index (χ0) is 28.5. The van der Waals surface area contributed by atoms with E-state index >= 15 is 0 Å². The summed E-state index contributed by atoms with van der Waals surface area (Å²) in [5.74, 6) is -2.07. The zero-order valence-corrected chi connectivity index (χ0v) is 22.0. The van der Waals surface area contributed by atoms with Gasteiger partial charge in [0.15, 0.2) is 5.69 Å². The number of oxazole rings is 1. The number of aliphatic hydroxyl groups excluding tert-OH is 1. The highest BCUT2D eigenvalue weighted by Crippen LogP contribution is 2.20. The van der Waals surface area contributed by atoms with Crippen molar-refractivity contribution in [3.63, 3.8) is 0 Å². The van der Waals surface area contributed by atoms with Gasteiger partial charge in [-0.15, -0.1) is 0 Å². The van der Waals surface area contributed by atoms with E-state index in [0.717, 1.165) is 11.8 Å². The molecule has 12 nitrogen and oxygen atoms in total. The minimum atomic E-state index is -1.20. The average Bonchev–Trinajstić information content (AvgIpc) is 3.45. The van der Waals surface area contributed by atoms with Crippen LogP contribution in [0, 0.1) is 0 Å². The van der Waals surface area contributed by atoms with Gasteiger partial charge in [-0.05, 0) is 43.9 Å². The van der Waals surface area contributed by atoms with Crippen LogP contribution in [0.25, 0.3) is 0 Å². The molecule has 0 fully saturated rings. The molecule has 0 radical (unpaired) electrons. The Morgan fingerprint density at radius 2 is 1.82 bits per heavy atom. The standard InChI is InChI=1S/C28H32N6O6/c1-17(35)23-27(39)30-12-6-5-9-20(31-24(36)19-10-13-29-14-11-19)25(37)32-21(15-18-7-3-2-4-8-18)28-33-22(16-40-28)26(38)34-23/h2-4,7-8,10-11,13-14,16-17,20-21,23,35H,5-6,9,12,15H2,1H3,(H,30,39)(H,31,36)(H,32,37)(H,34,38)/t17-,20+,21+,23+/m1/s1. The maximum absolute atomic E-state index is 13.5. The Morgan fingerprint density at radius 3 is 2.55 bits per heavy atom. The number of benzene rings is 1. The smallest absolute Gasteiger partial charge is 0.273 e. The molecule has 12 heteroatoms. The molecule has 1 aromatic carbocycles. The molecule has 4 atom stereocenters. The number of carbonyl (C=O) groups excluding carboxylic acids is 4. The number of carbonyl (C=O) groups is 4. The lowest BCUT2D eigenvalue weighted by atomic mass is 10.0. The molecule has 0 saturated carbocycles. The SMILES string of the molecule is C[C@@H](O)[C@@H]1NC(=O)c2coc(n2)[C@H](Cc2ccccc2)NC(=O)[C@@H](NC(=O)c2ccncc2)CCCCNC1=O. The minimum Gasteiger partial charge on any atom is -0.446 e. The lowest BCUT2D eigenvalue weighted by Gasteiger charge is -2.23. The normalized spacial score (nSPS) is 21.4. The van der Waals surface area contributed by atoms with Gasteiger partial charge >= 0.3 is 0 Å². The van der Waals surface area contributed by atoms with E-state index in [1.165, 1.54) is 19.3 Å². The fourth-order valence-electron chi connectivity index (χ4n) is 4.30. The first kappa shape index (κ1) is 28.4. The molecule has 4 amide bonds. The highest BCUT2D eigenvalue weighted by Gasteiger charge is 2.30. The van der Waals surface area contributed by atoms with Crippen molar-refractivity contribution >= 4 is 23.6 Å². The van der Waals surface area contributed by atoms with Crippen LogP contribution in [0.15, 0.2) is 65.5 Å². The average molecular weight is 549 g/mol. The summed E-state index contributed by atoms with van der Waals surface area (Å²) in [6.07, 6.45) is 4.54. The molecule has 0 aliphatic carbocycles. The predicted octanol–water partition coefficient (Wildman–Crippen LogP) is 1.05. The van der Waals surface area contributed by atoms with Gasteiger partial charge in [-0.25, -0.2) is 4.98 Å². The van der Waals surface area contributed by atoms with E-state index in [4.69, 9.17) is 4.42 Å². The predicted molar refractivity (Wildman–Crippen MR) is 143 cm³/mol. The van der Waals surface area contributed by atoms with Crippen LogP contribution in [-0.2, 0) is 16.0 Å². The van der Waals surface area contributed by atoms with E-state index in [2.05, 4.69) is 31.2 Å². The van der Waals surface area contributed by atoms with Crippen LogP contribution in [0.3, 0.4) is 0 Å². The van der Waals surface area contributed by atoms with Crippen molar-refractivity contribution in [1.82, 2.24) is 31.2 Å². The second-order valence-corrected chi connectivity index (χ2v) is 9.56. The monoisotopic (exact) mass is 548 g/mol. The Labute approximate surface area is 231 Å². The maximum atomic E-state index is 13.5. The third-order valence-electron chi connectivity index (χ3n) is 6.49. The van der Waals surface area contributed by atoms with Crippen molar-refractivity contribution in [2.75, 3.05) is 6.54 Å². The van der Waals surface area contributed by atoms with E-state index in [-0.39, 0.29) is 18.1 Å². The van der Waals surface area contributed by atoms with E-state index < -0.39 is 47.9 Å². The molecule has 4 rings (SSSR count). The Morgan fingerprint density at radius 1 is 1.07 bits per heavy atom. The summed E-state index contributed by atoms with van der Waals surface area (Å²) in [5.41, 5.74) is 1.13. The topological polar surface area (TPSA) is 176 Å². The van der Waals surface area contributed by atoms with E-state index in [1.807, 2.05) is 30.3 Å². The van der Waals surface area contributed by atoms with Crippen LogP contribution in [0.4, 0.5) is 0 Å². The van der Waals surface area contributed by atoms with E-state index in [1.54, 1.807) is 12.1 Å². The first-order valence-electron chi connectivity index (χ1n) is 13.1. The third kappa shape index (κ3) is 7.50. The van der Waals surface area contributed by atoms with Gasteiger partial charge in [0.1, 0.15) is 24.4 Å². The molecule has 40 heavy (non-hydrogen) atoms. The number of nitrogens with zero attached hydrogens (tertiary/aromatic N) is 2. The maximum Gasteiger partial charge on any atom is 0.273 e. The molecule has 1 aliphatic heterocycles. The Kier molecular flexibility index (Phi) is 9.57. The van der Waals surface area contributed by atoms with Gasteiger partial charge in [-0.1, -0.05) is 30.3 Å². The number of fused-ring (bicyclic) bond motifs is 2. The van der Waals surface area contributed by atoms with Crippen LogP contribution in [0.5, 0.6) is 0 Å². The van der Waals surface area contributed by atoms with Gasteiger partial charge in [0.25, 0.3) is 11.8 Å². The molecule has 0 saturated heterocycles. The van der Waals surface area contributed by atoms with Gasteiger partial charge < -0.3 is 30.8 Å². The van der Waals surface area contributed by atoms with Crippen LogP contribution in [0.2, 0.25) is 0 Å². The quantitative estimate of drug-likeness (QED) is 0.314. The van der Waals surface area contributed by atoms with Crippen LogP contribution >= 0.6 is 0 Å². The van der Waals surface area contributed by atoms with Crippen LogP contribution in [-0.4, -0.2) is 63.4 Å². The van der Waals surface area contributed by atoms with E-state index in [0.29, 0.717) is 31.2 Å².